The minimum Gasteiger partial charge on any atom is -0.504 e. The van der Waals surface area contributed by atoms with Crippen molar-refractivity contribution in [3.63, 3.8) is 0 Å². The van der Waals surface area contributed by atoms with E-state index < -0.39 is 0 Å². The fourth-order valence-electron chi connectivity index (χ4n) is 1.79. The summed E-state index contributed by atoms with van der Waals surface area (Å²) >= 11 is 0. The summed E-state index contributed by atoms with van der Waals surface area (Å²) in [5.74, 6) is 1.07. The van der Waals surface area contributed by atoms with Gasteiger partial charge in [-0.15, -0.1) is 0 Å². The Hall–Kier alpha value is -2.62. The van der Waals surface area contributed by atoms with E-state index in [-0.39, 0.29) is 11.5 Å². The fraction of sp³-hybridized carbons (Fsp3) is 0.125. The summed E-state index contributed by atoms with van der Waals surface area (Å²) in [4.78, 5) is 0. The molecule has 4 heteroatoms. The predicted octanol–water partition coefficient (Wildman–Crippen LogP) is 3.29. The molecule has 2 rings (SSSR count). The minimum atomic E-state index is 0.107. The third kappa shape index (κ3) is 3.03. The van der Waals surface area contributed by atoms with E-state index in [9.17, 15) is 10.2 Å². The Morgan fingerprint density at radius 2 is 1.15 bits per heavy atom. The first-order valence-corrected chi connectivity index (χ1v) is 6.06. The second kappa shape index (κ2) is 6.02. The highest BCUT2D eigenvalue weighted by atomic mass is 16.5. The molecular formula is C16H16O4. The molecule has 2 N–H and O–H groups in total. The highest BCUT2D eigenvalue weighted by molar-refractivity contribution is 5.72. The van der Waals surface area contributed by atoms with E-state index in [2.05, 4.69) is 0 Å². The van der Waals surface area contributed by atoms with Crippen LogP contribution >= 0.6 is 0 Å². The Kier molecular flexibility index (Phi) is 4.15. The van der Waals surface area contributed by atoms with Gasteiger partial charge in [-0.05, 0) is 35.4 Å². The number of hydrogen-bond acceptors (Lipinski definition) is 4. The molecule has 0 unspecified atom stereocenters. The van der Waals surface area contributed by atoms with Gasteiger partial charge in [0.15, 0.2) is 23.0 Å². The van der Waals surface area contributed by atoms with E-state index in [0.717, 1.165) is 11.1 Å². The third-order valence-electron chi connectivity index (χ3n) is 2.88. The summed E-state index contributed by atoms with van der Waals surface area (Å²) in [7, 11) is 3.01. The SMILES string of the molecule is COc1cc(/C=C/c2ccc(O)c(OC)c2)ccc1O. The second-order valence-corrected chi connectivity index (χ2v) is 4.20. The topological polar surface area (TPSA) is 58.9 Å². The Morgan fingerprint density at radius 3 is 1.50 bits per heavy atom. The lowest BCUT2D eigenvalue weighted by atomic mass is 10.1. The predicted molar refractivity (Wildman–Crippen MR) is 78.2 cm³/mol. The van der Waals surface area contributed by atoms with Crippen LogP contribution in [0.4, 0.5) is 0 Å². The lowest BCUT2D eigenvalue weighted by molar-refractivity contribution is 0.373. The number of rotatable bonds is 4. The zero-order chi connectivity index (χ0) is 14.5. The molecule has 4 nitrogen and oxygen atoms in total. The van der Waals surface area contributed by atoms with Crippen LogP contribution in [-0.2, 0) is 0 Å². The van der Waals surface area contributed by atoms with Crippen molar-refractivity contribution in [1.82, 2.24) is 0 Å². The molecule has 0 aliphatic rings. The van der Waals surface area contributed by atoms with Gasteiger partial charge in [-0.25, -0.2) is 0 Å². The van der Waals surface area contributed by atoms with Gasteiger partial charge in [0.2, 0.25) is 0 Å². The Morgan fingerprint density at radius 1 is 0.750 bits per heavy atom. The number of phenols is 2. The molecule has 104 valence electrons. The first-order chi connectivity index (χ1) is 9.63. The monoisotopic (exact) mass is 272 g/mol. The van der Waals surface area contributed by atoms with Gasteiger partial charge in [-0.1, -0.05) is 24.3 Å². The van der Waals surface area contributed by atoms with E-state index in [1.807, 2.05) is 12.2 Å². The maximum atomic E-state index is 9.53. The van der Waals surface area contributed by atoms with Gasteiger partial charge in [-0.2, -0.15) is 0 Å². The Bertz CT molecular complexity index is 577. The molecule has 0 aromatic heterocycles. The number of methoxy groups -OCH3 is 2. The lowest BCUT2D eigenvalue weighted by Crippen LogP contribution is -1.85. The van der Waals surface area contributed by atoms with E-state index in [1.54, 1.807) is 36.4 Å². The molecule has 0 spiro atoms. The molecule has 0 heterocycles. The summed E-state index contributed by atoms with van der Waals surface area (Å²) in [6.07, 6.45) is 3.77. The highest BCUT2D eigenvalue weighted by Gasteiger charge is 2.02. The van der Waals surface area contributed by atoms with E-state index in [0.29, 0.717) is 11.5 Å². The number of phenolic OH excluding ortho intramolecular Hbond substituents is 2. The van der Waals surface area contributed by atoms with Crippen LogP contribution in [0.15, 0.2) is 36.4 Å². The van der Waals surface area contributed by atoms with Gasteiger partial charge < -0.3 is 19.7 Å². The Labute approximate surface area is 117 Å². The summed E-state index contributed by atoms with van der Waals surface area (Å²) in [6, 6.07) is 10.2. The first-order valence-electron chi connectivity index (χ1n) is 6.06. The van der Waals surface area contributed by atoms with Crippen LogP contribution in [-0.4, -0.2) is 24.4 Å². The van der Waals surface area contributed by atoms with Gasteiger partial charge in [-0.3, -0.25) is 0 Å². The first kappa shape index (κ1) is 13.8. The van der Waals surface area contributed by atoms with Crippen molar-refractivity contribution in [3.05, 3.63) is 47.5 Å². The standard InChI is InChI=1S/C16H16O4/c1-19-15-9-11(5-7-13(15)17)3-4-12-6-8-14(18)16(10-12)20-2/h3-10,17-18H,1-2H3/b4-3+. The smallest absolute Gasteiger partial charge is 0.161 e. The molecule has 0 saturated heterocycles. The van der Waals surface area contributed by atoms with Gasteiger partial charge in [0.05, 0.1) is 14.2 Å². The van der Waals surface area contributed by atoms with Gasteiger partial charge >= 0.3 is 0 Å². The van der Waals surface area contributed by atoms with Crippen molar-refractivity contribution in [2.75, 3.05) is 14.2 Å². The normalized spacial score (nSPS) is 10.7. The zero-order valence-electron chi connectivity index (χ0n) is 11.3. The number of aromatic hydroxyl groups is 2. The molecule has 0 amide bonds. The van der Waals surface area contributed by atoms with Crippen LogP contribution in [0.1, 0.15) is 11.1 Å². The van der Waals surface area contributed by atoms with Crippen LogP contribution in [0.2, 0.25) is 0 Å². The molecule has 0 atom stereocenters. The van der Waals surface area contributed by atoms with Crippen molar-refractivity contribution >= 4 is 12.2 Å². The average molecular weight is 272 g/mol. The van der Waals surface area contributed by atoms with Gasteiger partial charge in [0, 0.05) is 0 Å². The van der Waals surface area contributed by atoms with Crippen molar-refractivity contribution in [2.24, 2.45) is 0 Å². The Balaban J connectivity index is 2.25. The molecule has 0 bridgehead atoms. The van der Waals surface area contributed by atoms with Gasteiger partial charge in [0.1, 0.15) is 0 Å². The molecule has 0 radical (unpaired) electrons. The largest absolute Gasteiger partial charge is 0.504 e. The molecule has 0 aliphatic heterocycles. The summed E-state index contributed by atoms with van der Waals surface area (Å²) in [5.41, 5.74) is 1.79. The molecule has 0 aliphatic carbocycles. The van der Waals surface area contributed by atoms with Crippen molar-refractivity contribution in [1.29, 1.82) is 0 Å². The van der Waals surface area contributed by atoms with Crippen LogP contribution in [0.25, 0.3) is 12.2 Å². The summed E-state index contributed by atoms with van der Waals surface area (Å²) in [5, 5.41) is 19.1. The van der Waals surface area contributed by atoms with E-state index in [4.69, 9.17) is 9.47 Å². The van der Waals surface area contributed by atoms with Crippen molar-refractivity contribution in [2.45, 2.75) is 0 Å². The highest BCUT2D eigenvalue weighted by Crippen LogP contribution is 2.29. The summed E-state index contributed by atoms with van der Waals surface area (Å²) in [6.45, 7) is 0. The average Bonchev–Trinajstić information content (AvgIpc) is 2.47. The molecular weight excluding hydrogens is 256 g/mol. The number of hydrogen-bond donors (Lipinski definition) is 2. The fourth-order valence-corrected chi connectivity index (χ4v) is 1.79. The summed E-state index contributed by atoms with van der Waals surface area (Å²) < 4.78 is 10.1. The molecule has 0 saturated carbocycles. The molecule has 0 fully saturated rings. The van der Waals surface area contributed by atoms with Crippen LogP contribution in [0.5, 0.6) is 23.0 Å². The molecule has 2 aromatic carbocycles. The van der Waals surface area contributed by atoms with Gasteiger partial charge in [0.25, 0.3) is 0 Å². The van der Waals surface area contributed by atoms with Crippen LogP contribution in [0.3, 0.4) is 0 Å². The third-order valence-corrected chi connectivity index (χ3v) is 2.88. The zero-order valence-corrected chi connectivity index (χ0v) is 11.3. The van der Waals surface area contributed by atoms with Crippen molar-refractivity contribution < 1.29 is 19.7 Å². The van der Waals surface area contributed by atoms with Crippen LogP contribution < -0.4 is 9.47 Å². The second-order valence-electron chi connectivity index (χ2n) is 4.20. The quantitative estimate of drug-likeness (QED) is 0.838. The maximum Gasteiger partial charge on any atom is 0.161 e. The lowest BCUT2D eigenvalue weighted by Gasteiger charge is -2.05. The molecule has 2 aromatic rings. The molecule has 20 heavy (non-hydrogen) atoms. The van der Waals surface area contributed by atoms with Crippen molar-refractivity contribution in [3.8, 4) is 23.0 Å². The van der Waals surface area contributed by atoms with E-state index >= 15 is 0 Å². The van der Waals surface area contributed by atoms with Crippen LogP contribution in [0, 0.1) is 0 Å². The van der Waals surface area contributed by atoms with E-state index in [1.165, 1.54) is 14.2 Å². The number of ether oxygens (including phenoxy) is 2. The minimum absolute atomic E-state index is 0.107. The number of benzene rings is 2. The maximum absolute atomic E-state index is 9.53.